The minimum Gasteiger partial charge on any atom is -0.290 e. The van der Waals surface area contributed by atoms with Crippen LogP contribution in [0.15, 0.2) is 59.5 Å². The lowest BCUT2D eigenvalue weighted by atomic mass is 9.90. The second kappa shape index (κ2) is 10.1. The second-order valence-electron chi connectivity index (χ2n) is 8.07. The first-order valence-electron chi connectivity index (χ1n) is 10.5. The quantitative estimate of drug-likeness (QED) is 0.604. The van der Waals surface area contributed by atoms with Crippen LogP contribution in [0.5, 0.6) is 0 Å². The maximum absolute atomic E-state index is 12.9. The molecule has 1 unspecified atom stereocenters. The number of benzene rings is 2. The van der Waals surface area contributed by atoms with E-state index < -0.39 is 10.0 Å². The number of hydrogen-bond donors (Lipinski definition) is 1. The van der Waals surface area contributed by atoms with Gasteiger partial charge in [-0.3, -0.25) is 4.90 Å². The average molecular weight is 435 g/mol. The van der Waals surface area contributed by atoms with E-state index in [-0.39, 0.29) is 10.9 Å². The van der Waals surface area contributed by atoms with E-state index in [1.54, 1.807) is 24.3 Å². The molecule has 2 aromatic carbocycles. The zero-order chi connectivity index (χ0) is 20.9. The van der Waals surface area contributed by atoms with Gasteiger partial charge in [-0.05, 0) is 56.5 Å². The van der Waals surface area contributed by atoms with E-state index in [9.17, 15) is 8.42 Å². The zero-order valence-electron chi connectivity index (χ0n) is 17.2. The smallest absolute Gasteiger partial charge is 0.240 e. The average Bonchev–Trinajstić information content (AvgIpc) is 2.72. The molecule has 1 atom stereocenters. The van der Waals surface area contributed by atoms with Crippen molar-refractivity contribution in [1.82, 2.24) is 9.62 Å². The maximum Gasteiger partial charge on any atom is 0.240 e. The molecule has 0 aliphatic heterocycles. The van der Waals surface area contributed by atoms with Gasteiger partial charge < -0.3 is 0 Å². The molecule has 2 aromatic rings. The Hall–Kier alpha value is -1.40. The molecule has 158 valence electrons. The van der Waals surface area contributed by atoms with Crippen LogP contribution >= 0.6 is 11.6 Å². The summed E-state index contributed by atoms with van der Waals surface area (Å²) >= 11 is 5.91. The largest absolute Gasteiger partial charge is 0.290 e. The highest BCUT2D eigenvalue weighted by Gasteiger charge is 2.31. The standard InChI is InChI=1S/C23H31ClN2O2S/c1-18(2)26(21-11-7-4-8-12-21)23(19-9-5-3-6-10-19)17-25-29(27,28)22-15-13-20(24)14-16-22/h3,5-6,9-10,13-16,18,21,23,25H,4,7-8,11-12,17H2,1-2H3. The van der Waals surface area contributed by atoms with E-state index in [1.165, 1.54) is 32.1 Å². The molecule has 3 rings (SSSR count). The Balaban J connectivity index is 1.86. The minimum atomic E-state index is -3.61. The maximum atomic E-state index is 12.9. The molecule has 1 aliphatic rings. The van der Waals surface area contributed by atoms with Gasteiger partial charge in [0.05, 0.1) is 4.90 Å². The van der Waals surface area contributed by atoms with Crippen LogP contribution in [0.2, 0.25) is 5.02 Å². The van der Waals surface area contributed by atoms with E-state index in [4.69, 9.17) is 11.6 Å². The molecule has 0 saturated heterocycles. The summed E-state index contributed by atoms with van der Waals surface area (Å²) in [6.45, 7) is 4.75. The lowest BCUT2D eigenvalue weighted by molar-refractivity contribution is 0.0715. The Morgan fingerprint density at radius 2 is 1.62 bits per heavy atom. The molecule has 1 saturated carbocycles. The summed E-state index contributed by atoms with van der Waals surface area (Å²) in [5.74, 6) is 0. The van der Waals surface area contributed by atoms with Crippen LogP contribution in [0.25, 0.3) is 0 Å². The third-order valence-electron chi connectivity index (χ3n) is 5.73. The summed E-state index contributed by atoms with van der Waals surface area (Å²) in [6, 6.07) is 17.3. The van der Waals surface area contributed by atoms with Gasteiger partial charge in [0.1, 0.15) is 0 Å². The summed E-state index contributed by atoms with van der Waals surface area (Å²) < 4.78 is 28.6. The summed E-state index contributed by atoms with van der Waals surface area (Å²) in [7, 11) is -3.61. The van der Waals surface area contributed by atoms with Gasteiger partial charge in [-0.1, -0.05) is 61.2 Å². The van der Waals surface area contributed by atoms with Crippen molar-refractivity contribution in [2.75, 3.05) is 6.54 Å². The highest BCUT2D eigenvalue weighted by molar-refractivity contribution is 7.89. The van der Waals surface area contributed by atoms with E-state index in [1.807, 2.05) is 18.2 Å². The van der Waals surface area contributed by atoms with Crippen LogP contribution in [-0.2, 0) is 10.0 Å². The molecule has 29 heavy (non-hydrogen) atoms. The van der Waals surface area contributed by atoms with Crippen molar-refractivity contribution < 1.29 is 8.42 Å². The fourth-order valence-electron chi connectivity index (χ4n) is 4.37. The van der Waals surface area contributed by atoms with Gasteiger partial charge in [0, 0.05) is 29.7 Å². The summed E-state index contributed by atoms with van der Waals surface area (Å²) in [4.78, 5) is 2.75. The van der Waals surface area contributed by atoms with Crippen molar-refractivity contribution >= 4 is 21.6 Å². The van der Waals surface area contributed by atoms with Gasteiger partial charge in [0.15, 0.2) is 0 Å². The van der Waals surface area contributed by atoms with Crippen molar-refractivity contribution in [3.8, 4) is 0 Å². The SMILES string of the molecule is CC(C)N(C1CCCCC1)C(CNS(=O)(=O)c1ccc(Cl)cc1)c1ccccc1. The number of nitrogens with one attached hydrogen (secondary N) is 1. The highest BCUT2D eigenvalue weighted by atomic mass is 35.5. The molecule has 0 heterocycles. The van der Waals surface area contributed by atoms with Crippen molar-refractivity contribution in [2.24, 2.45) is 0 Å². The van der Waals surface area contributed by atoms with E-state index in [2.05, 4.69) is 35.6 Å². The molecule has 4 nitrogen and oxygen atoms in total. The zero-order valence-corrected chi connectivity index (χ0v) is 18.8. The van der Waals surface area contributed by atoms with E-state index >= 15 is 0 Å². The topological polar surface area (TPSA) is 49.4 Å². The fraction of sp³-hybridized carbons (Fsp3) is 0.478. The Bertz CT molecular complexity index is 864. The summed E-state index contributed by atoms with van der Waals surface area (Å²) in [5.41, 5.74) is 1.14. The monoisotopic (exact) mass is 434 g/mol. The van der Waals surface area contributed by atoms with E-state index in [0.717, 1.165) is 5.56 Å². The Morgan fingerprint density at radius 1 is 1.00 bits per heavy atom. The van der Waals surface area contributed by atoms with Crippen LogP contribution in [0, 0.1) is 0 Å². The Labute approximate surface area is 180 Å². The number of rotatable bonds is 8. The highest BCUT2D eigenvalue weighted by Crippen LogP contribution is 2.32. The van der Waals surface area contributed by atoms with Gasteiger partial charge in [-0.2, -0.15) is 0 Å². The molecule has 1 fully saturated rings. The van der Waals surface area contributed by atoms with Gasteiger partial charge >= 0.3 is 0 Å². The molecule has 0 radical (unpaired) electrons. The van der Waals surface area contributed by atoms with Crippen molar-refractivity contribution in [3.05, 3.63) is 65.2 Å². The number of nitrogens with zero attached hydrogens (tertiary/aromatic N) is 1. The Kier molecular flexibility index (Phi) is 7.74. The van der Waals surface area contributed by atoms with Crippen LogP contribution in [0.3, 0.4) is 0 Å². The molecule has 0 spiro atoms. The van der Waals surface area contributed by atoms with Gasteiger partial charge in [-0.15, -0.1) is 0 Å². The molecule has 1 N–H and O–H groups in total. The van der Waals surface area contributed by atoms with Crippen molar-refractivity contribution in [2.45, 2.75) is 69.0 Å². The lowest BCUT2D eigenvalue weighted by Crippen LogP contribution is -2.47. The third-order valence-corrected chi connectivity index (χ3v) is 7.42. The first-order valence-corrected chi connectivity index (χ1v) is 12.3. The predicted octanol–water partition coefficient (Wildman–Crippen LogP) is 5.40. The van der Waals surface area contributed by atoms with E-state index in [0.29, 0.717) is 23.7 Å². The number of sulfonamides is 1. The predicted molar refractivity (Wildman–Crippen MR) is 120 cm³/mol. The van der Waals surface area contributed by atoms with Crippen LogP contribution in [-0.4, -0.2) is 31.9 Å². The van der Waals surface area contributed by atoms with Crippen LogP contribution < -0.4 is 4.72 Å². The fourth-order valence-corrected chi connectivity index (χ4v) is 5.54. The normalized spacial score (nSPS) is 17.0. The Morgan fingerprint density at radius 3 is 2.21 bits per heavy atom. The van der Waals surface area contributed by atoms with Crippen molar-refractivity contribution in [1.29, 1.82) is 0 Å². The first kappa shape index (κ1) is 22.3. The van der Waals surface area contributed by atoms with Gasteiger partial charge in [0.2, 0.25) is 10.0 Å². The molecule has 1 aliphatic carbocycles. The van der Waals surface area contributed by atoms with Gasteiger partial charge in [0.25, 0.3) is 0 Å². The number of hydrogen-bond acceptors (Lipinski definition) is 3. The minimum absolute atomic E-state index is 0.0126. The molecular weight excluding hydrogens is 404 g/mol. The molecule has 0 bridgehead atoms. The van der Waals surface area contributed by atoms with Crippen molar-refractivity contribution in [3.63, 3.8) is 0 Å². The molecular formula is C23H31ClN2O2S. The first-order chi connectivity index (χ1) is 13.9. The molecule has 0 aromatic heterocycles. The second-order valence-corrected chi connectivity index (χ2v) is 10.3. The van der Waals surface area contributed by atoms with Crippen LogP contribution in [0.1, 0.15) is 57.6 Å². The third kappa shape index (κ3) is 5.82. The van der Waals surface area contributed by atoms with Crippen LogP contribution in [0.4, 0.5) is 0 Å². The lowest BCUT2D eigenvalue weighted by Gasteiger charge is -2.43. The molecule has 0 amide bonds. The summed E-state index contributed by atoms with van der Waals surface area (Å²) in [6.07, 6.45) is 6.12. The van der Waals surface area contributed by atoms with Gasteiger partial charge in [-0.25, -0.2) is 13.1 Å². The number of halogens is 1. The summed E-state index contributed by atoms with van der Waals surface area (Å²) in [5, 5.41) is 0.523. The molecule has 6 heteroatoms.